The van der Waals surface area contributed by atoms with Crippen molar-refractivity contribution in [1.82, 2.24) is 19.1 Å². The summed E-state index contributed by atoms with van der Waals surface area (Å²) in [6.07, 6.45) is 3.73. The van der Waals surface area contributed by atoms with Crippen LogP contribution in [0.25, 0.3) is 77.9 Å². The van der Waals surface area contributed by atoms with Crippen molar-refractivity contribution in [2.45, 2.75) is 0 Å². The Morgan fingerprint density at radius 1 is 0.488 bits per heavy atom. The summed E-state index contributed by atoms with van der Waals surface area (Å²) in [4.78, 5) is 9.60. The van der Waals surface area contributed by atoms with Crippen LogP contribution >= 0.6 is 0 Å². The Bertz CT molecular complexity index is 2380. The van der Waals surface area contributed by atoms with Gasteiger partial charge in [-0.2, -0.15) is 4.98 Å². The molecule has 0 aliphatic heterocycles. The summed E-state index contributed by atoms with van der Waals surface area (Å²) in [5, 5.41) is 4.72. The molecule has 5 nitrogen and oxygen atoms in total. The van der Waals surface area contributed by atoms with E-state index < -0.39 is 0 Å². The Labute approximate surface area is 246 Å². The molecule has 9 rings (SSSR count). The molecule has 0 aliphatic rings. The number of hydrogen-bond acceptors (Lipinski definition) is 3. The van der Waals surface area contributed by atoms with Crippen LogP contribution < -0.4 is 0 Å². The monoisotopic (exact) mass is 552 g/mol. The number of benzene rings is 5. The average Bonchev–Trinajstić information content (AvgIpc) is 3.76. The van der Waals surface area contributed by atoms with Gasteiger partial charge in [0.1, 0.15) is 5.69 Å². The normalized spacial score (nSPS) is 11.7. The molecule has 0 radical (unpaired) electrons. The third-order valence-electron chi connectivity index (χ3n) is 8.27. The van der Waals surface area contributed by atoms with E-state index in [1.165, 1.54) is 16.2 Å². The van der Waals surface area contributed by atoms with Gasteiger partial charge in [0.15, 0.2) is 5.76 Å². The topological polar surface area (TPSA) is 48.8 Å². The van der Waals surface area contributed by atoms with Gasteiger partial charge < -0.3 is 8.98 Å². The van der Waals surface area contributed by atoms with Gasteiger partial charge in [0, 0.05) is 38.9 Å². The molecule has 202 valence electrons. The maximum atomic E-state index is 6.73. The molecule has 0 saturated heterocycles. The van der Waals surface area contributed by atoms with Gasteiger partial charge in [0.2, 0.25) is 0 Å². The molecular formula is C38H24N4O. The Morgan fingerprint density at radius 3 is 1.72 bits per heavy atom. The molecule has 0 bridgehead atoms. The third kappa shape index (κ3) is 3.52. The van der Waals surface area contributed by atoms with Crippen molar-refractivity contribution in [3.05, 3.63) is 146 Å². The largest absolute Gasteiger partial charge is 0.422 e. The molecule has 0 unspecified atom stereocenters. The maximum absolute atomic E-state index is 6.73. The molecule has 0 N–H and O–H groups in total. The SMILES string of the molecule is c1ccc(-c2nc(-n3c4ccccc4c4c5c6ccccc6n(-c6cccnc6)c5ccc43)oc2-c2ccccc2)cc1. The first-order chi connectivity index (χ1) is 21.4. The number of para-hydroxylation sites is 2. The molecule has 0 atom stereocenters. The van der Waals surface area contributed by atoms with Gasteiger partial charge in [-0.15, -0.1) is 0 Å². The number of fused-ring (bicyclic) bond motifs is 7. The van der Waals surface area contributed by atoms with Gasteiger partial charge in [0.25, 0.3) is 0 Å². The van der Waals surface area contributed by atoms with Gasteiger partial charge in [-0.3, -0.25) is 9.55 Å². The zero-order chi connectivity index (χ0) is 28.3. The van der Waals surface area contributed by atoms with Gasteiger partial charge in [-0.1, -0.05) is 97.1 Å². The lowest BCUT2D eigenvalue weighted by Crippen LogP contribution is -1.95. The highest BCUT2D eigenvalue weighted by Gasteiger charge is 2.24. The third-order valence-corrected chi connectivity index (χ3v) is 8.27. The zero-order valence-electron chi connectivity index (χ0n) is 23.1. The molecule has 9 aromatic rings. The highest BCUT2D eigenvalue weighted by Crippen LogP contribution is 2.43. The molecule has 4 heterocycles. The summed E-state index contributed by atoms with van der Waals surface area (Å²) in [7, 11) is 0. The molecule has 43 heavy (non-hydrogen) atoms. The maximum Gasteiger partial charge on any atom is 0.307 e. The minimum Gasteiger partial charge on any atom is -0.422 e. The van der Waals surface area contributed by atoms with E-state index in [2.05, 4.69) is 105 Å². The predicted octanol–water partition coefficient (Wildman–Crippen LogP) is 9.60. The van der Waals surface area contributed by atoms with Crippen LogP contribution in [0.3, 0.4) is 0 Å². The number of pyridine rings is 1. The summed E-state index contributed by atoms with van der Waals surface area (Å²) in [6, 6.07) is 46.6. The van der Waals surface area contributed by atoms with Crippen molar-refractivity contribution in [1.29, 1.82) is 0 Å². The number of aromatic nitrogens is 4. The van der Waals surface area contributed by atoms with Crippen LogP contribution in [-0.2, 0) is 0 Å². The van der Waals surface area contributed by atoms with E-state index >= 15 is 0 Å². The van der Waals surface area contributed by atoms with Crippen LogP contribution in [0.5, 0.6) is 0 Å². The minimum atomic E-state index is 0.541. The smallest absolute Gasteiger partial charge is 0.307 e. The second-order valence-electron chi connectivity index (χ2n) is 10.7. The summed E-state index contributed by atoms with van der Waals surface area (Å²) >= 11 is 0. The van der Waals surface area contributed by atoms with E-state index in [1.807, 2.05) is 54.9 Å². The van der Waals surface area contributed by atoms with Gasteiger partial charge in [0.05, 0.1) is 34.0 Å². The van der Waals surface area contributed by atoms with E-state index in [1.54, 1.807) is 0 Å². The van der Waals surface area contributed by atoms with E-state index in [4.69, 9.17) is 9.40 Å². The number of oxazole rings is 1. The standard InChI is InChI=1S/C38H24N4O/c1-3-12-25(13-4-1)36-37(26-14-5-2-6-15-26)43-38(40-36)42-31-20-10-8-18-29(31)35-33(42)22-21-32-34(35)28-17-7-9-19-30(28)41(32)27-16-11-23-39-24-27/h1-24H. The second kappa shape index (κ2) is 9.29. The molecule has 0 fully saturated rings. The highest BCUT2D eigenvalue weighted by atomic mass is 16.4. The summed E-state index contributed by atoms with van der Waals surface area (Å²) < 4.78 is 11.2. The van der Waals surface area contributed by atoms with Gasteiger partial charge in [-0.25, -0.2) is 0 Å². The van der Waals surface area contributed by atoms with Crippen LogP contribution in [-0.4, -0.2) is 19.1 Å². The second-order valence-corrected chi connectivity index (χ2v) is 10.7. The fraction of sp³-hybridized carbons (Fsp3) is 0. The van der Waals surface area contributed by atoms with Crippen molar-refractivity contribution < 1.29 is 4.42 Å². The van der Waals surface area contributed by atoms with E-state index in [0.717, 1.165) is 55.7 Å². The quantitative estimate of drug-likeness (QED) is 0.218. The summed E-state index contributed by atoms with van der Waals surface area (Å²) in [6.45, 7) is 0. The molecule has 5 aromatic carbocycles. The zero-order valence-corrected chi connectivity index (χ0v) is 23.1. The number of nitrogens with zero attached hydrogens (tertiary/aromatic N) is 4. The lowest BCUT2D eigenvalue weighted by molar-refractivity contribution is 0.548. The van der Waals surface area contributed by atoms with Crippen molar-refractivity contribution in [2.24, 2.45) is 0 Å². The first-order valence-electron chi connectivity index (χ1n) is 14.3. The van der Waals surface area contributed by atoms with Crippen molar-refractivity contribution in [3.63, 3.8) is 0 Å². The van der Waals surface area contributed by atoms with Crippen LogP contribution in [0.1, 0.15) is 0 Å². The summed E-state index contributed by atoms with van der Waals surface area (Å²) in [5.74, 6) is 0.752. The van der Waals surface area contributed by atoms with Crippen LogP contribution in [0.15, 0.2) is 150 Å². The van der Waals surface area contributed by atoms with Crippen LogP contribution in [0.4, 0.5) is 0 Å². The summed E-state index contributed by atoms with van der Waals surface area (Å²) in [5.41, 5.74) is 8.22. The molecule has 0 saturated carbocycles. The van der Waals surface area contributed by atoms with E-state index in [9.17, 15) is 0 Å². The molecule has 5 heteroatoms. The molecule has 0 spiro atoms. The number of hydrogen-bond donors (Lipinski definition) is 0. The Morgan fingerprint density at radius 2 is 1.07 bits per heavy atom. The first kappa shape index (κ1) is 23.7. The lowest BCUT2D eigenvalue weighted by Gasteiger charge is -2.07. The van der Waals surface area contributed by atoms with Crippen molar-refractivity contribution in [2.75, 3.05) is 0 Å². The van der Waals surface area contributed by atoms with Gasteiger partial charge in [-0.05, 0) is 36.4 Å². The molecule has 0 amide bonds. The first-order valence-corrected chi connectivity index (χ1v) is 14.3. The predicted molar refractivity (Wildman–Crippen MR) is 174 cm³/mol. The fourth-order valence-electron chi connectivity index (χ4n) is 6.47. The molecular weight excluding hydrogens is 528 g/mol. The Balaban J connectivity index is 1.40. The molecule has 4 aromatic heterocycles. The Kier molecular flexibility index (Phi) is 5.13. The fourth-order valence-corrected chi connectivity index (χ4v) is 6.47. The average molecular weight is 553 g/mol. The van der Waals surface area contributed by atoms with Crippen molar-refractivity contribution in [3.8, 4) is 34.3 Å². The van der Waals surface area contributed by atoms with E-state index in [-0.39, 0.29) is 0 Å². The minimum absolute atomic E-state index is 0.541. The lowest BCUT2D eigenvalue weighted by atomic mass is 10.1. The van der Waals surface area contributed by atoms with Crippen LogP contribution in [0.2, 0.25) is 0 Å². The Hall–Kier alpha value is -5.94. The van der Waals surface area contributed by atoms with Crippen LogP contribution in [0, 0.1) is 0 Å². The van der Waals surface area contributed by atoms with E-state index in [0.29, 0.717) is 6.01 Å². The highest BCUT2D eigenvalue weighted by molar-refractivity contribution is 6.28. The molecule has 0 aliphatic carbocycles. The number of rotatable bonds is 4. The van der Waals surface area contributed by atoms with Gasteiger partial charge >= 0.3 is 6.01 Å². The van der Waals surface area contributed by atoms with Crippen molar-refractivity contribution >= 4 is 43.6 Å².